The van der Waals surface area contributed by atoms with Crippen molar-refractivity contribution < 1.29 is 40.6 Å². The zero-order chi connectivity index (χ0) is 25.9. The summed E-state index contributed by atoms with van der Waals surface area (Å²) in [6, 6.07) is 10.3. The van der Waals surface area contributed by atoms with Gasteiger partial charge in [-0.15, -0.1) is 12.4 Å². The molecule has 0 aliphatic carbocycles. The fraction of sp³-hybridized carbons (Fsp3) is 0.480. The number of hydrogen-bond donors (Lipinski definition) is 1. The third-order valence-electron chi connectivity index (χ3n) is 5.95. The van der Waals surface area contributed by atoms with Crippen molar-refractivity contribution in [3.05, 3.63) is 70.8 Å². The fourth-order valence-corrected chi connectivity index (χ4v) is 4.18. The summed E-state index contributed by atoms with van der Waals surface area (Å²) in [7, 11) is 0. The second-order valence-electron chi connectivity index (χ2n) is 8.91. The van der Waals surface area contributed by atoms with Crippen molar-refractivity contribution in [3.8, 4) is 0 Å². The van der Waals surface area contributed by atoms with Crippen LogP contribution in [0, 0.1) is 0 Å². The first-order valence-corrected chi connectivity index (χ1v) is 11.2. The quantitative estimate of drug-likeness (QED) is 0.323. The third kappa shape index (κ3) is 7.36. The zero-order valence-corrected chi connectivity index (χ0v) is 20.5. The topological polar surface area (TPSA) is 47.6 Å². The Balaban J connectivity index is 0.00000456. The molecule has 11 heteroatoms. The van der Waals surface area contributed by atoms with Gasteiger partial charge in [-0.25, -0.2) is 4.79 Å². The smallest absolute Gasteiger partial charge is 0.416 e. The molecule has 1 unspecified atom stereocenters. The van der Waals surface area contributed by atoms with E-state index in [1.807, 2.05) is 30.3 Å². The molecule has 1 heterocycles. The highest BCUT2D eigenvalue weighted by atomic mass is 35.5. The molecule has 0 amide bonds. The van der Waals surface area contributed by atoms with Crippen LogP contribution in [0.15, 0.2) is 48.5 Å². The number of carbonyl (C=O) groups excluding carboxylic acids is 1. The Morgan fingerprint density at radius 2 is 1.47 bits per heavy atom. The molecule has 1 atom stereocenters. The number of ether oxygens (including phenoxy) is 2. The predicted molar refractivity (Wildman–Crippen MR) is 124 cm³/mol. The van der Waals surface area contributed by atoms with Crippen LogP contribution in [0.1, 0.15) is 55.0 Å². The van der Waals surface area contributed by atoms with E-state index >= 15 is 0 Å². The van der Waals surface area contributed by atoms with Gasteiger partial charge in [0.05, 0.1) is 23.8 Å². The highest BCUT2D eigenvalue weighted by Crippen LogP contribution is 2.40. The van der Waals surface area contributed by atoms with Gasteiger partial charge in [-0.2, -0.15) is 26.3 Å². The number of carbonyl (C=O) groups is 1. The number of benzene rings is 2. The van der Waals surface area contributed by atoms with Crippen molar-refractivity contribution in [2.45, 2.75) is 56.7 Å². The Kier molecular flexibility index (Phi) is 9.84. The molecule has 0 bridgehead atoms. The molecule has 1 fully saturated rings. The van der Waals surface area contributed by atoms with Crippen LogP contribution in [0.2, 0.25) is 0 Å². The highest BCUT2D eigenvalue weighted by molar-refractivity contribution is 5.85. The molecule has 1 aliphatic rings. The fourth-order valence-electron chi connectivity index (χ4n) is 4.18. The molecule has 3 rings (SSSR count). The maximum atomic E-state index is 13.4. The minimum atomic E-state index is -5.05. The van der Waals surface area contributed by atoms with E-state index in [9.17, 15) is 31.1 Å². The van der Waals surface area contributed by atoms with Crippen molar-refractivity contribution in [1.29, 1.82) is 0 Å². The van der Waals surface area contributed by atoms with E-state index in [1.54, 1.807) is 0 Å². The minimum Gasteiger partial charge on any atom is -0.461 e. The van der Waals surface area contributed by atoms with E-state index in [1.165, 1.54) is 13.8 Å². The van der Waals surface area contributed by atoms with Gasteiger partial charge < -0.3 is 14.8 Å². The van der Waals surface area contributed by atoms with Gasteiger partial charge in [-0.3, -0.25) is 0 Å². The van der Waals surface area contributed by atoms with Crippen molar-refractivity contribution in [1.82, 2.24) is 5.32 Å². The van der Waals surface area contributed by atoms with Crippen LogP contribution in [-0.4, -0.2) is 31.8 Å². The number of halogens is 7. The molecule has 2 aromatic rings. The molecule has 1 N–H and O–H groups in total. The first kappa shape index (κ1) is 29.9. The largest absolute Gasteiger partial charge is 0.461 e. The molecule has 0 aromatic heterocycles. The SMILES string of the molecule is CC(C)OC(=O)C(OCC1(c2ccccc2)CCNCC1)c1cc(C(F)(F)F)cc(C(F)(F)F)c1.Cl. The van der Waals surface area contributed by atoms with Crippen molar-refractivity contribution in [3.63, 3.8) is 0 Å². The van der Waals surface area contributed by atoms with Crippen molar-refractivity contribution in [2.75, 3.05) is 19.7 Å². The third-order valence-corrected chi connectivity index (χ3v) is 5.95. The average Bonchev–Trinajstić information content (AvgIpc) is 2.78. The summed E-state index contributed by atoms with van der Waals surface area (Å²) in [5, 5.41) is 3.23. The lowest BCUT2D eigenvalue weighted by Crippen LogP contribution is -2.43. The summed E-state index contributed by atoms with van der Waals surface area (Å²) >= 11 is 0. The summed E-state index contributed by atoms with van der Waals surface area (Å²) in [6.07, 6.45) is -11.3. The molecule has 0 spiro atoms. The van der Waals surface area contributed by atoms with Crippen LogP contribution in [0.5, 0.6) is 0 Å². The molecule has 1 saturated heterocycles. The van der Waals surface area contributed by atoms with Crippen molar-refractivity contribution >= 4 is 18.4 Å². The number of hydrogen-bond acceptors (Lipinski definition) is 4. The first-order valence-electron chi connectivity index (χ1n) is 11.2. The molecule has 0 saturated carbocycles. The van der Waals surface area contributed by atoms with Gasteiger partial charge in [-0.1, -0.05) is 30.3 Å². The normalized spacial score (nSPS) is 16.8. The Bertz CT molecular complexity index is 973. The molecule has 0 radical (unpaired) electrons. The van der Waals surface area contributed by atoms with Crippen LogP contribution < -0.4 is 5.32 Å². The van der Waals surface area contributed by atoms with Gasteiger partial charge >= 0.3 is 18.3 Å². The van der Waals surface area contributed by atoms with E-state index in [4.69, 9.17) is 9.47 Å². The van der Waals surface area contributed by atoms with E-state index in [0.29, 0.717) is 38.1 Å². The van der Waals surface area contributed by atoms with E-state index in [2.05, 4.69) is 5.32 Å². The summed E-state index contributed by atoms with van der Waals surface area (Å²) in [5.74, 6) is -1.05. The van der Waals surface area contributed by atoms with Crippen molar-refractivity contribution in [2.24, 2.45) is 0 Å². The van der Waals surface area contributed by atoms with Crippen LogP contribution in [0.4, 0.5) is 26.3 Å². The number of nitrogens with one attached hydrogen (secondary N) is 1. The second kappa shape index (κ2) is 11.8. The number of rotatable bonds is 7. The average molecular weight is 540 g/mol. The Labute approximate surface area is 211 Å². The number of esters is 1. The van der Waals surface area contributed by atoms with Gasteiger partial charge in [0.2, 0.25) is 0 Å². The lowest BCUT2D eigenvalue weighted by Gasteiger charge is -2.39. The molecule has 200 valence electrons. The monoisotopic (exact) mass is 539 g/mol. The van der Waals surface area contributed by atoms with Gasteiger partial charge in [0.15, 0.2) is 6.10 Å². The van der Waals surface area contributed by atoms with Crippen LogP contribution in [0.25, 0.3) is 0 Å². The zero-order valence-electron chi connectivity index (χ0n) is 19.7. The predicted octanol–water partition coefficient (Wildman–Crippen LogP) is 6.48. The number of piperidine rings is 1. The summed E-state index contributed by atoms with van der Waals surface area (Å²) < 4.78 is 91.7. The highest BCUT2D eigenvalue weighted by Gasteiger charge is 2.40. The Morgan fingerprint density at radius 1 is 0.944 bits per heavy atom. The van der Waals surface area contributed by atoms with E-state index < -0.39 is 52.6 Å². The lowest BCUT2D eigenvalue weighted by molar-refractivity contribution is -0.164. The first-order chi connectivity index (χ1) is 16.3. The lowest BCUT2D eigenvalue weighted by atomic mass is 9.74. The van der Waals surface area contributed by atoms with Crippen LogP contribution in [-0.2, 0) is 32.0 Å². The summed E-state index contributed by atoms with van der Waals surface area (Å²) in [5.41, 5.74) is -3.26. The number of alkyl halides is 6. The Morgan fingerprint density at radius 3 is 1.94 bits per heavy atom. The molecular weight excluding hydrogens is 512 g/mol. The second-order valence-corrected chi connectivity index (χ2v) is 8.91. The summed E-state index contributed by atoms with van der Waals surface area (Å²) in [6.45, 7) is 4.25. The minimum absolute atomic E-state index is 0. The van der Waals surface area contributed by atoms with E-state index in [-0.39, 0.29) is 25.1 Å². The van der Waals surface area contributed by atoms with Crippen LogP contribution in [0.3, 0.4) is 0 Å². The standard InChI is InChI=1S/C25H27F6NO3.ClH/c1-16(2)35-22(33)21(17-12-19(24(26,27)28)14-20(13-17)25(29,30)31)34-15-23(8-10-32-11-9-23)18-6-4-3-5-7-18;/h3-7,12-14,16,21,32H,8-11,15H2,1-2H3;1H. The molecule has 36 heavy (non-hydrogen) atoms. The van der Waals surface area contributed by atoms with Gasteiger partial charge in [0, 0.05) is 5.41 Å². The molecule has 2 aromatic carbocycles. The Hall–Kier alpha value is -2.30. The van der Waals surface area contributed by atoms with Gasteiger partial charge in [-0.05, 0) is 69.1 Å². The van der Waals surface area contributed by atoms with E-state index in [0.717, 1.165) is 5.56 Å². The molecular formula is C25H28ClF6NO3. The van der Waals surface area contributed by atoms with Gasteiger partial charge in [0.25, 0.3) is 0 Å². The maximum absolute atomic E-state index is 13.4. The van der Waals surface area contributed by atoms with Crippen LogP contribution >= 0.6 is 12.4 Å². The summed E-state index contributed by atoms with van der Waals surface area (Å²) in [4.78, 5) is 12.9. The molecule has 1 aliphatic heterocycles. The van der Waals surface area contributed by atoms with Gasteiger partial charge in [0.1, 0.15) is 0 Å². The molecule has 4 nitrogen and oxygen atoms in total. The maximum Gasteiger partial charge on any atom is 0.416 e.